The Labute approximate surface area is 91.4 Å². The number of hydrogen-bond donors (Lipinski definition) is 1. The van der Waals surface area contributed by atoms with Gasteiger partial charge in [0.2, 0.25) is 0 Å². The van der Waals surface area contributed by atoms with Crippen LogP contribution in [0.15, 0.2) is 0 Å². The molecule has 1 saturated heterocycles. The van der Waals surface area contributed by atoms with E-state index in [-0.39, 0.29) is 5.60 Å². The van der Waals surface area contributed by atoms with Gasteiger partial charge in [-0.1, -0.05) is 0 Å². The van der Waals surface area contributed by atoms with Gasteiger partial charge in [0, 0.05) is 19.4 Å². The Bertz CT molecular complexity index is 186. The highest BCUT2D eigenvalue weighted by Crippen LogP contribution is 2.02. The fraction of sp³-hybridized carbons (Fsp3) is 0.818. The zero-order valence-electron chi connectivity index (χ0n) is 9.84. The van der Waals surface area contributed by atoms with Crippen LogP contribution < -0.4 is 5.32 Å². The third-order valence-corrected chi connectivity index (χ3v) is 1.79. The van der Waals surface area contributed by atoms with E-state index in [4.69, 9.17) is 0 Å². The van der Waals surface area contributed by atoms with Crippen LogP contribution in [0.1, 0.15) is 40.0 Å². The topological polar surface area (TPSA) is 55.4 Å². The molecule has 1 aliphatic heterocycles. The quantitative estimate of drug-likeness (QED) is 0.670. The highest BCUT2D eigenvalue weighted by Gasteiger charge is 2.07. The summed E-state index contributed by atoms with van der Waals surface area (Å²) in [7, 11) is 0. The van der Waals surface area contributed by atoms with Crippen molar-refractivity contribution in [1.82, 2.24) is 5.32 Å². The molecule has 0 unspecified atom stereocenters. The van der Waals surface area contributed by atoms with Gasteiger partial charge in [0.05, 0.1) is 0 Å². The van der Waals surface area contributed by atoms with Gasteiger partial charge in [0.25, 0.3) is 6.47 Å². The van der Waals surface area contributed by atoms with Crippen LogP contribution in [0.2, 0.25) is 0 Å². The van der Waals surface area contributed by atoms with E-state index in [1.165, 1.54) is 0 Å². The van der Waals surface area contributed by atoms with Crippen LogP contribution in [0.25, 0.3) is 0 Å². The van der Waals surface area contributed by atoms with Gasteiger partial charge < -0.3 is 10.1 Å². The van der Waals surface area contributed by atoms with E-state index in [0.717, 1.165) is 32.4 Å². The van der Waals surface area contributed by atoms with Crippen molar-refractivity contribution < 1.29 is 14.3 Å². The van der Waals surface area contributed by atoms with Crippen molar-refractivity contribution >= 4 is 12.3 Å². The largest absolute Gasteiger partial charge is 0.462 e. The molecule has 1 N–H and O–H groups in total. The number of hydrogen-bond acceptors (Lipinski definition) is 4. The lowest BCUT2D eigenvalue weighted by molar-refractivity contribution is -0.138. The molecule has 4 nitrogen and oxygen atoms in total. The van der Waals surface area contributed by atoms with Crippen LogP contribution in [-0.4, -0.2) is 30.9 Å². The maximum absolute atomic E-state index is 10.6. The van der Waals surface area contributed by atoms with Gasteiger partial charge in [0.15, 0.2) is 0 Å². The smallest absolute Gasteiger partial charge is 0.293 e. The Morgan fingerprint density at radius 1 is 1.27 bits per heavy atom. The first kappa shape index (κ1) is 14.1. The van der Waals surface area contributed by atoms with Crippen LogP contribution in [0.3, 0.4) is 0 Å². The Kier molecular flexibility index (Phi) is 6.96. The Hall–Kier alpha value is -0.900. The van der Waals surface area contributed by atoms with Gasteiger partial charge in [-0.2, -0.15) is 0 Å². The van der Waals surface area contributed by atoms with Crippen molar-refractivity contribution in [2.75, 3.05) is 13.1 Å². The normalized spacial score (nSPS) is 17.1. The predicted molar refractivity (Wildman–Crippen MR) is 58.6 cm³/mol. The summed E-state index contributed by atoms with van der Waals surface area (Å²) in [6, 6.07) is 0. The number of carbonyl (C=O) groups is 2. The van der Waals surface area contributed by atoms with Crippen molar-refractivity contribution in [3.05, 3.63) is 0 Å². The van der Waals surface area contributed by atoms with E-state index in [0.29, 0.717) is 12.3 Å². The van der Waals surface area contributed by atoms with E-state index < -0.39 is 0 Å². The fourth-order valence-electron chi connectivity index (χ4n) is 1.03. The molecule has 1 rings (SSSR count). The van der Waals surface area contributed by atoms with Gasteiger partial charge in [-0.3, -0.25) is 9.59 Å². The molecule has 0 aromatic rings. The number of ether oxygens (including phenoxy) is 1. The lowest BCUT2D eigenvalue weighted by Crippen LogP contribution is -2.17. The molecule has 88 valence electrons. The lowest BCUT2D eigenvalue weighted by atomic mass is 10.2. The van der Waals surface area contributed by atoms with Gasteiger partial charge in [-0.05, 0) is 33.7 Å². The van der Waals surface area contributed by atoms with Crippen molar-refractivity contribution in [2.45, 2.75) is 45.6 Å². The van der Waals surface area contributed by atoms with Crippen LogP contribution >= 0.6 is 0 Å². The van der Waals surface area contributed by atoms with Crippen molar-refractivity contribution in [3.8, 4) is 0 Å². The molecular formula is C11H21NO3. The summed E-state index contributed by atoms with van der Waals surface area (Å²) in [6.07, 6.45) is 2.55. The molecule has 0 bridgehead atoms. The zero-order chi connectivity index (χ0) is 11.7. The zero-order valence-corrected chi connectivity index (χ0v) is 9.84. The molecule has 0 amide bonds. The maximum Gasteiger partial charge on any atom is 0.293 e. The Morgan fingerprint density at radius 2 is 1.93 bits per heavy atom. The van der Waals surface area contributed by atoms with E-state index in [1.807, 2.05) is 20.8 Å². The van der Waals surface area contributed by atoms with Crippen LogP contribution in [0, 0.1) is 0 Å². The van der Waals surface area contributed by atoms with E-state index in [2.05, 4.69) is 10.1 Å². The van der Waals surface area contributed by atoms with E-state index >= 15 is 0 Å². The SMILES string of the molecule is CC(C)(C)OC=O.O=C1CCCNCC1. The highest BCUT2D eigenvalue weighted by molar-refractivity contribution is 5.78. The number of nitrogens with one attached hydrogen (secondary N) is 1. The Morgan fingerprint density at radius 3 is 2.40 bits per heavy atom. The first-order valence-electron chi connectivity index (χ1n) is 5.29. The molecule has 0 aromatic heterocycles. The standard InChI is InChI=1S/C6H11NO.C5H10O2/c8-6-2-1-4-7-5-3-6;1-5(2,3)7-4-6/h7H,1-5H2;4H,1-3H3. The number of carbonyl (C=O) groups excluding carboxylic acids is 2. The molecule has 0 saturated carbocycles. The number of ketones is 1. The number of Topliss-reactive ketones (excluding diaryl/α,β-unsaturated/α-hetero) is 1. The second-order valence-corrected chi connectivity index (χ2v) is 4.47. The lowest BCUT2D eigenvalue weighted by Gasteiger charge is -2.14. The second-order valence-electron chi connectivity index (χ2n) is 4.47. The predicted octanol–water partition coefficient (Wildman–Crippen LogP) is 1.29. The van der Waals surface area contributed by atoms with E-state index in [9.17, 15) is 9.59 Å². The molecule has 0 spiro atoms. The minimum Gasteiger partial charge on any atom is -0.462 e. The molecule has 0 atom stereocenters. The van der Waals surface area contributed by atoms with Crippen molar-refractivity contribution in [2.24, 2.45) is 0 Å². The summed E-state index contributed by atoms with van der Waals surface area (Å²) in [5.41, 5.74) is -0.318. The molecule has 4 heteroatoms. The average molecular weight is 215 g/mol. The third-order valence-electron chi connectivity index (χ3n) is 1.79. The molecule has 1 heterocycles. The summed E-state index contributed by atoms with van der Waals surface area (Å²) in [5, 5.41) is 3.16. The highest BCUT2D eigenvalue weighted by atomic mass is 16.5. The average Bonchev–Trinajstić information content (AvgIpc) is 2.31. The monoisotopic (exact) mass is 215 g/mol. The van der Waals surface area contributed by atoms with Crippen molar-refractivity contribution in [1.29, 1.82) is 0 Å². The van der Waals surface area contributed by atoms with Crippen LogP contribution in [-0.2, 0) is 14.3 Å². The first-order valence-corrected chi connectivity index (χ1v) is 5.29. The molecule has 0 aliphatic carbocycles. The minimum absolute atomic E-state index is 0.318. The summed E-state index contributed by atoms with van der Waals surface area (Å²) in [5.74, 6) is 0.412. The maximum atomic E-state index is 10.6. The molecule has 0 radical (unpaired) electrons. The summed E-state index contributed by atoms with van der Waals surface area (Å²) in [4.78, 5) is 20.2. The fourth-order valence-corrected chi connectivity index (χ4v) is 1.03. The van der Waals surface area contributed by atoms with Gasteiger partial charge in [-0.25, -0.2) is 0 Å². The second kappa shape index (κ2) is 7.40. The molecule has 1 aliphatic rings. The first-order chi connectivity index (χ1) is 6.95. The van der Waals surface area contributed by atoms with Gasteiger partial charge in [-0.15, -0.1) is 0 Å². The van der Waals surface area contributed by atoms with Crippen LogP contribution in [0.5, 0.6) is 0 Å². The van der Waals surface area contributed by atoms with Gasteiger partial charge in [0.1, 0.15) is 11.4 Å². The molecule has 0 aromatic carbocycles. The van der Waals surface area contributed by atoms with Crippen molar-refractivity contribution in [3.63, 3.8) is 0 Å². The Balaban J connectivity index is 0.000000265. The minimum atomic E-state index is -0.318. The third kappa shape index (κ3) is 11.0. The molecule has 1 fully saturated rings. The molecular weight excluding hydrogens is 194 g/mol. The van der Waals surface area contributed by atoms with Crippen LogP contribution in [0.4, 0.5) is 0 Å². The summed E-state index contributed by atoms with van der Waals surface area (Å²) < 4.78 is 4.55. The number of rotatable bonds is 1. The van der Waals surface area contributed by atoms with Gasteiger partial charge >= 0.3 is 0 Å². The summed E-state index contributed by atoms with van der Waals surface area (Å²) >= 11 is 0. The molecule has 15 heavy (non-hydrogen) atoms. The van der Waals surface area contributed by atoms with E-state index in [1.54, 1.807) is 0 Å². The summed E-state index contributed by atoms with van der Waals surface area (Å²) in [6.45, 7) is 7.83.